The number of carbonyl (C=O) groups is 4. The van der Waals surface area contributed by atoms with Gasteiger partial charge in [-0.3, -0.25) is 24.3 Å². The molecule has 18 heteroatoms. The molecule has 450 valence electrons. The zero-order valence-corrected chi connectivity index (χ0v) is 51.3. The molecule has 0 bridgehead atoms. The summed E-state index contributed by atoms with van der Waals surface area (Å²) in [4.78, 5) is 76.5. The van der Waals surface area contributed by atoms with Crippen molar-refractivity contribution in [2.75, 3.05) is 25.3 Å². The van der Waals surface area contributed by atoms with Gasteiger partial charge < -0.3 is 34.4 Å². The fourth-order valence-electron chi connectivity index (χ4n) is 11.0. The monoisotopic (exact) mass is 1250 g/mol. The summed E-state index contributed by atoms with van der Waals surface area (Å²) in [6, 6.07) is 74.5. The van der Waals surface area contributed by atoms with E-state index in [1.165, 1.54) is 47.4 Å². The van der Waals surface area contributed by atoms with Crippen molar-refractivity contribution in [3.8, 4) is 5.75 Å². The quantitative estimate of drug-likeness (QED) is 0.0146. The molecular formula is C72H60N6O9S3. The minimum absolute atomic E-state index is 0.0483. The van der Waals surface area contributed by atoms with Gasteiger partial charge in [0.15, 0.2) is 34.3 Å². The Morgan fingerprint density at radius 2 is 1.19 bits per heavy atom. The summed E-state index contributed by atoms with van der Waals surface area (Å²) in [7, 11) is 2.92. The van der Waals surface area contributed by atoms with Crippen LogP contribution in [0.4, 0.5) is 5.13 Å². The minimum atomic E-state index is -1.14. The van der Waals surface area contributed by atoms with E-state index >= 15 is 9.59 Å². The number of aromatic nitrogens is 1. The van der Waals surface area contributed by atoms with Crippen molar-refractivity contribution < 1.29 is 43.0 Å². The first-order valence-electron chi connectivity index (χ1n) is 29.0. The van der Waals surface area contributed by atoms with E-state index in [4.69, 9.17) is 33.8 Å². The van der Waals surface area contributed by atoms with E-state index in [0.717, 1.165) is 45.1 Å². The highest BCUT2D eigenvalue weighted by molar-refractivity contribution is 8.06. The number of nitrogens with one attached hydrogen (secondary N) is 2. The predicted molar refractivity (Wildman–Crippen MR) is 352 cm³/mol. The summed E-state index contributed by atoms with van der Waals surface area (Å²) in [6.45, 7) is 0.132. The molecule has 0 radical (unpaired) electrons. The van der Waals surface area contributed by atoms with E-state index in [2.05, 4.69) is 52.2 Å². The van der Waals surface area contributed by atoms with Crippen molar-refractivity contribution in [2.45, 2.75) is 47.3 Å². The summed E-state index contributed by atoms with van der Waals surface area (Å²) in [5.74, 6) is -1.64. The van der Waals surface area contributed by atoms with Crippen LogP contribution < -0.4 is 15.4 Å². The van der Waals surface area contributed by atoms with Gasteiger partial charge in [-0.2, -0.15) is 0 Å². The Hall–Kier alpha value is -9.69. The van der Waals surface area contributed by atoms with Crippen molar-refractivity contribution in [3.05, 3.63) is 315 Å². The van der Waals surface area contributed by atoms with Crippen molar-refractivity contribution in [2.24, 2.45) is 10.1 Å². The molecule has 3 unspecified atom stereocenters. The van der Waals surface area contributed by atoms with E-state index in [1.807, 2.05) is 200 Å². The largest absolute Gasteiger partial charge is 0.497 e. The molecule has 1 saturated heterocycles. The second-order valence-electron chi connectivity index (χ2n) is 21.0. The van der Waals surface area contributed by atoms with Crippen LogP contribution in [0, 0.1) is 0 Å². The molecule has 3 aliphatic rings. The maximum absolute atomic E-state index is 15.5. The number of ether oxygens (including phenoxy) is 4. The highest BCUT2D eigenvalue weighted by atomic mass is 32.2. The van der Waals surface area contributed by atoms with E-state index in [9.17, 15) is 9.59 Å². The van der Waals surface area contributed by atoms with Crippen molar-refractivity contribution >= 4 is 75.5 Å². The number of carbonyl (C=O) groups excluding carboxylic acids is 4. The van der Waals surface area contributed by atoms with Crippen LogP contribution in [0.5, 0.6) is 5.75 Å². The Bertz CT molecular complexity index is 3910. The molecule has 3 aliphatic heterocycles. The average molecular weight is 1250 g/mol. The number of thiazole rings is 1. The highest BCUT2D eigenvalue weighted by Gasteiger charge is 2.56. The number of ketones is 1. The molecule has 0 spiro atoms. The second-order valence-corrected chi connectivity index (χ2v) is 24.1. The van der Waals surface area contributed by atoms with Gasteiger partial charge >= 0.3 is 5.97 Å². The summed E-state index contributed by atoms with van der Waals surface area (Å²) in [5.41, 5.74) is 4.98. The normalized spacial score (nSPS) is 16.8. The van der Waals surface area contributed by atoms with Crippen LogP contribution in [-0.4, -0.2) is 88.3 Å². The highest BCUT2D eigenvalue weighted by Crippen LogP contribution is 2.48. The van der Waals surface area contributed by atoms with Crippen LogP contribution in [0.3, 0.4) is 0 Å². The SMILES string of the molecule is CO/N=C(\C(=O)NC1C(=O)N2C(C(=O)OC(c3ccccc3)c3ccccc3)=C(SC(OC(c3ccccc3)c3ccccc3)C3=CC(=O)C(OCc4ccc(OC)cc4)C=N3)CS[C@@H]12)c1csc(NC(c2ccccc2)(c2ccccc2)c2ccccc2)n1. The van der Waals surface area contributed by atoms with Gasteiger partial charge in [-0.05, 0) is 56.6 Å². The van der Waals surface area contributed by atoms with Crippen LogP contribution in [0.25, 0.3) is 0 Å². The number of benzene rings is 8. The fraction of sp³-hybridized carbons (Fsp3) is 0.153. The Balaban J connectivity index is 0.873. The summed E-state index contributed by atoms with van der Waals surface area (Å²) in [6.07, 6.45) is 0.276. The van der Waals surface area contributed by atoms with Crippen LogP contribution in [0.15, 0.2) is 274 Å². The van der Waals surface area contributed by atoms with E-state index in [-0.39, 0.29) is 40.9 Å². The number of rotatable bonds is 24. The van der Waals surface area contributed by atoms with Gasteiger partial charge in [0.2, 0.25) is 0 Å². The van der Waals surface area contributed by atoms with Gasteiger partial charge in [-0.1, -0.05) is 241 Å². The van der Waals surface area contributed by atoms with Crippen LogP contribution >= 0.6 is 34.9 Å². The van der Waals surface area contributed by atoms with Crippen molar-refractivity contribution in [1.29, 1.82) is 0 Å². The standard InChI is InChI=1S/C72H60N6O9S3/c1-83-55-40-38-47(39-41-55)44-85-59-43-73-56(42-58(59)79)70(87-65(50-28-14-5-15-29-50)51-30-16-6-17-31-51)90-60-46-88-68-62(67(81)78(68)63(60)69(82)86-64(48-24-10-3-11-25-48)49-26-12-4-13-27-49)75-66(80)61(77-84-2)57-45-89-71(74-57)76-72(52-32-18-7-19-33-52,53-34-20-8-21-35-53)54-36-22-9-23-37-54/h3-43,45,59,62,64-65,68,70H,44,46H2,1-2H3,(H,74,76)(H,75,80)/b77-61-/t59?,62?,68-,70?/m0/s1. The lowest BCUT2D eigenvalue weighted by molar-refractivity contribution is -0.154. The lowest BCUT2D eigenvalue weighted by Crippen LogP contribution is -2.71. The molecular weight excluding hydrogens is 1190 g/mol. The molecule has 4 heterocycles. The van der Waals surface area contributed by atoms with Crippen LogP contribution in [0.1, 0.15) is 62.4 Å². The first-order chi connectivity index (χ1) is 44.2. The van der Waals surface area contributed by atoms with E-state index < -0.39 is 58.5 Å². The topological polar surface area (TPSA) is 179 Å². The van der Waals surface area contributed by atoms with E-state index in [0.29, 0.717) is 26.9 Å². The van der Waals surface area contributed by atoms with Gasteiger partial charge in [0.1, 0.15) is 47.3 Å². The van der Waals surface area contributed by atoms with Crippen LogP contribution in [-0.2, 0) is 50.4 Å². The molecule has 0 saturated carbocycles. The zero-order valence-electron chi connectivity index (χ0n) is 48.8. The molecule has 2 amide bonds. The molecule has 0 aliphatic carbocycles. The summed E-state index contributed by atoms with van der Waals surface area (Å²) < 4.78 is 25.2. The molecule has 4 atom stereocenters. The smallest absolute Gasteiger partial charge is 0.356 e. The Morgan fingerprint density at radius 1 is 0.678 bits per heavy atom. The number of anilines is 1. The van der Waals surface area contributed by atoms with Gasteiger partial charge in [0.05, 0.1) is 19.4 Å². The number of β-lactam (4-membered cyclic amide) rings is 1. The maximum atomic E-state index is 15.5. The van der Waals surface area contributed by atoms with E-state index in [1.54, 1.807) is 12.5 Å². The fourth-order valence-corrected chi connectivity index (χ4v) is 14.4. The third kappa shape index (κ3) is 13.2. The average Bonchev–Trinajstić information content (AvgIpc) is 0.815. The lowest BCUT2D eigenvalue weighted by atomic mass is 9.77. The van der Waals surface area contributed by atoms with Gasteiger partial charge in [0, 0.05) is 28.3 Å². The van der Waals surface area contributed by atoms with Gasteiger partial charge in [0.25, 0.3) is 11.8 Å². The molecule has 9 aromatic rings. The van der Waals surface area contributed by atoms with Gasteiger partial charge in [-0.15, -0.1) is 23.1 Å². The predicted octanol–water partition coefficient (Wildman–Crippen LogP) is 12.8. The third-order valence-electron chi connectivity index (χ3n) is 15.4. The molecule has 8 aromatic carbocycles. The van der Waals surface area contributed by atoms with Crippen LogP contribution in [0.2, 0.25) is 0 Å². The number of nitrogens with zero attached hydrogens (tertiary/aromatic N) is 4. The Kier molecular flexibility index (Phi) is 19.0. The number of oxime groups is 1. The van der Waals surface area contributed by atoms with Crippen molar-refractivity contribution in [1.82, 2.24) is 15.2 Å². The first kappa shape index (κ1) is 60.6. The number of hydrogen-bond donors (Lipinski definition) is 2. The minimum Gasteiger partial charge on any atom is -0.497 e. The first-order valence-corrected chi connectivity index (χ1v) is 31.8. The molecule has 15 nitrogen and oxygen atoms in total. The van der Waals surface area contributed by atoms with Crippen molar-refractivity contribution in [3.63, 3.8) is 0 Å². The molecule has 90 heavy (non-hydrogen) atoms. The summed E-state index contributed by atoms with van der Waals surface area (Å²) in [5, 5.41) is 12.3. The molecule has 1 aromatic heterocycles. The molecule has 1 fully saturated rings. The number of hydrogen-bond acceptors (Lipinski definition) is 16. The third-order valence-corrected chi connectivity index (χ3v) is 18.8. The Morgan fingerprint density at radius 3 is 1.69 bits per heavy atom. The number of esters is 1. The number of aliphatic imine (C=N–C) groups is 1. The molecule has 2 N–H and O–H groups in total. The lowest BCUT2D eigenvalue weighted by Gasteiger charge is -2.49. The number of fused-ring (bicyclic) bond motifs is 1. The number of thioether (sulfide) groups is 2. The zero-order chi connectivity index (χ0) is 61.8. The molecule has 12 rings (SSSR count). The second kappa shape index (κ2) is 28.2. The van der Waals surface area contributed by atoms with Gasteiger partial charge in [-0.25, -0.2) is 9.78 Å². The number of amides is 2. The number of methoxy groups -OCH3 is 1. The Labute approximate surface area is 533 Å². The summed E-state index contributed by atoms with van der Waals surface area (Å²) >= 11 is 3.77. The maximum Gasteiger partial charge on any atom is 0.356 e.